The SMILES string of the molecule is CCOC(=O)c1c(NC(=O)[C@H](C)OC(=O)c2ccc(NS(=O)(=O)c3ccc(F)c(F)c3)cc2)sc2c1CC[C@H](C)C2. The van der Waals surface area contributed by atoms with Crippen molar-refractivity contribution in [2.75, 3.05) is 16.6 Å². The molecule has 13 heteroatoms. The van der Waals surface area contributed by atoms with Crippen molar-refractivity contribution in [1.29, 1.82) is 0 Å². The highest BCUT2D eigenvalue weighted by Crippen LogP contribution is 2.40. The number of carbonyl (C=O) groups is 3. The maximum Gasteiger partial charge on any atom is 0.341 e. The lowest BCUT2D eigenvalue weighted by Crippen LogP contribution is -2.30. The second-order valence-corrected chi connectivity index (χ2v) is 12.4. The third-order valence-electron chi connectivity index (χ3n) is 6.46. The summed E-state index contributed by atoms with van der Waals surface area (Å²) in [5, 5.41) is 3.07. The number of esters is 2. The highest BCUT2D eigenvalue weighted by molar-refractivity contribution is 7.92. The number of fused-ring (bicyclic) bond motifs is 1. The van der Waals surface area contributed by atoms with Crippen LogP contribution < -0.4 is 10.0 Å². The van der Waals surface area contributed by atoms with Crippen molar-refractivity contribution in [3.05, 3.63) is 75.7 Å². The van der Waals surface area contributed by atoms with Crippen molar-refractivity contribution in [3.8, 4) is 0 Å². The fourth-order valence-electron chi connectivity index (χ4n) is 4.29. The first-order chi connectivity index (χ1) is 19.4. The standard InChI is InChI=1S/C28H28F2N2O7S2/c1-4-38-28(35)24-20-11-5-15(2)13-23(20)40-26(24)31-25(33)16(3)39-27(34)17-6-8-18(9-7-17)32-41(36,37)19-10-12-21(29)22(30)14-19/h6-10,12,14-16,32H,4-5,11,13H2,1-3H3,(H,31,33)/t15-,16-/m0/s1. The quantitative estimate of drug-likeness (QED) is 0.316. The third kappa shape index (κ3) is 6.91. The molecule has 1 amide bonds. The van der Waals surface area contributed by atoms with E-state index in [9.17, 15) is 31.6 Å². The van der Waals surface area contributed by atoms with Crippen molar-refractivity contribution >= 4 is 49.9 Å². The average Bonchev–Trinajstić information content (AvgIpc) is 3.27. The van der Waals surface area contributed by atoms with Crippen LogP contribution >= 0.6 is 11.3 Å². The van der Waals surface area contributed by atoms with Crippen LogP contribution in [0.25, 0.3) is 0 Å². The molecule has 0 saturated heterocycles. The molecule has 0 fully saturated rings. The first-order valence-electron chi connectivity index (χ1n) is 12.8. The van der Waals surface area contributed by atoms with Crippen LogP contribution in [0.15, 0.2) is 47.4 Å². The maximum atomic E-state index is 13.5. The zero-order valence-corrected chi connectivity index (χ0v) is 24.1. The van der Waals surface area contributed by atoms with E-state index in [0.29, 0.717) is 35.0 Å². The summed E-state index contributed by atoms with van der Waals surface area (Å²) >= 11 is 1.32. The molecule has 0 saturated carbocycles. The predicted octanol–water partition coefficient (Wildman–Crippen LogP) is 5.31. The molecule has 4 rings (SSSR count). The summed E-state index contributed by atoms with van der Waals surface area (Å²) in [6.45, 7) is 5.40. The van der Waals surface area contributed by atoms with Crippen molar-refractivity contribution in [1.82, 2.24) is 0 Å². The van der Waals surface area contributed by atoms with Gasteiger partial charge in [0.25, 0.3) is 15.9 Å². The topological polar surface area (TPSA) is 128 Å². The van der Waals surface area contributed by atoms with Gasteiger partial charge in [-0.15, -0.1) is 11.3 Å². The summed E-state index contributed by atoms with van der Waals surface area (Å²) in [6, 6.07) is 7.29. The number of hydrogen-bond donors (Lipinski definition) is 2. The number of sulfonamides is 1. The number of ether oxygens (including phenoxy) is 2. The molecule has 0 bridgehead atoms. The van der Waals surface area contributed by atoms with Gasteiger partial charge in [-0.1, -0.05) is 6.92 Å². The Morgan fingerprint density at radius 3 is 2.44 bits per heavy atom. The first-order valence-corrected chi connectivity index (χ1v) is 15.1. The van der Waals surface area contributed by atoms with E-state index in [1.54, 1.807) is 6.92 Å². The zero-order chi connectivity index (χ0) is 29.9. The molecule has 2 atom stereocenters. The lowest BCUT2D eigenvalue weighted by Gasteiger charge is -2.18. The van der Waals surface area contributed by atoms with E-state index < -0.39 is 50.5 Å². The summed E-state index contributed by atoms with van der Waals surface area (Å²) in [5.41, 5.74) is 1.31. The molecule has 3 aromatic rings. The minimum absolute atomic E-state index is 0.0354. The molecule has 2 N–H and O–H groups in total. The second kappa shape index (κ2) is 12.4. The van der Waals surface area contributed by atoms with Crippen molar-refractivity contribution in [2.24, 2.45) is 5.92 Å². The molecular formula is C28H28F2N2O7S2. The number of rotatable bonds is 9. The van der Waals surface area contributed by atoms with Gasteiger partial charge in [0.1, 0.15) is 5.00 Å². The van der Waals surface area contributed by atoms with E-state index in [4.69, 9.17) is 9.47 Å². The van der Waals surface area contributed by atoms with Gasteiger partial charge in [-0.25, -0.2) is 26.8 Å². The van der Waals surface area contributed by atoms with E-state index in [-0.39, 0.29) is 17.9 Å². The number of nitrogens with one attached hydrogen (secondary N) is 2. The normalized spacial score (nSPS) is 15.4. The zero-order valence-electron chi connectivity index (χ0n) is 22.5. The Kier molecular flexibility index (Phi) is 9.08. The number of thiophene rings is 1. The Morgan fingerprint density at radius 2 is 1.78 bits per heavy atom. The fraction of sp³-hybridized carbons (Fsp3) is 0.321. The van der Waals surface area contributed by atoms with Crippen LogP contribution in [0.5, 0.6) is 0 Å². The molecule has 1 aliphatic carbocycles. The van der Waals surface area contributed by atoms with Crippen molar-refractivity contribution in [2.45, 2.75) is 51.0 Å². The molecule has 218 valence electrons. The number of benzene rings is 2. The third-order valence-corrected chi connectivity index (χ3v) is 9.00. The van der Waals surface area contributed by atoms with E-state index >= 15 is 0 Å². The Hall–Kier alpha value is -3.84. The molecule has 0 spiro atoms. The fourth-order valence-corrected chi connectivity index (χ4v) is 6.76. The van der Waals surface area contributed by atoms with Gasteiger partial charge in [0.15, 0.2) is 17.7 Å². The highest BCUT2D eigenvalue weighted by Gasteiger charge is 2.30. The average molecular weight is 607 g/mol. The van der Waals surface area contributed by atoms with E-state index in [1.165, 1.54) is 42.5 Å². The van der Waals surface area contributed by atoms with Crippen molar-refractivity contribution < 1.29 is 41.1 Å². The van der Waals surface area contributed by atoms with Gasteiger partial charge < -0.3 is 14.8 Å². The molecule has 0 aliphatic heterocycles. The Bertz CT molecular complexity index is 1590. The van der Waals surface area contributed by atoms with Gasteiger partial charge in [0.05, 0.1) is 22.6 Å². The van der Waals surface area contributed by atoms with Gasteiger partial charge in [-0.05, 0) is 87.1 Å². The maximum absolute atomic E-state index is 13.5. The molecule has 1 aliphatic rings. The van der Waals surface area contributed by atoms with Gasteiger partial charge in [0.2, 0.25) is 0 Å². The second-order valence-electron chi connectivity index (χ2n) is 9.57. The number of carbonyl (C=O) groups excluding carboxylic acids is 3. The van der Waals surface area contributed by atoms with E-state index in [0.717, 1.165) is 29.3 Å². The summed E-state index contributed by atoms with van der Waals surface area (Å²) in [4.78, 5) is 38.8. The van der Waals surface area contributed by atoms with Crippen LogP contribution in [0.4, 0.5) is 19.5 Å². The molecular weight excluding hydrogens is 578 g/mol. The number of amides is 1. The molecule has 2 aromatic carbocycles. The molecule has 1 aromatic heterocycles. The summed E-state index contributed by atoms with van der Waals surface area (Å²) in [6.07, 6.45) is 1.19. The van der Waals surface area contributed by atoms with Gasteiger partial charge in [-0.3, -0.25) is 9.52 Å². The number of hydrogen-bond acceptors (Lipinski definition) is 8. The van der Waals surface area contributed by atoms with Crippen LogP contribution in [-0.4, -0.2) is 39.0 Å². The molecule has 0 unspecified atom stereocenters. The Labute approximate surface area is 239 Å². The summed E-state index contributed by atoms with van der Waals surface area (Å²) in [5.74, 6) is -4.03. The van der Waals surface area contributed by atoms with Crippen molar-refractivity contribution in [3.63, 3.8) is 0 Å². The number of halogens is 2. The van der Waals surface area contributed by atoms with E-state index in [2.05, 4.69) is 17.0 Å². The Balaban J connectivity index is 1.41. The molecule has 1 heterocycles. The lowest BCUT2D eigenvalue weighted by atomic mass is 9.88. The molecule has 9 nitrogen and oxygen atoms in total. The van der Waals surface area contributed by atoms with Crippen LogP contribution in [0.3, 0.4) is 0 Å². The first kappa shape index (κ1) is 30.1. The lowest BCUT2D eigenvalue weighted by molar-refractivity contribution is -0.123. The molecule has 41 heavy (non-hydrogen) atoms. The largest absolute Gasteiger partial charge is 0.462 e. The summed E-state index contributed by atoms with van der Waals surface area (Å²) < 4.78 is 64.3. The minimum Gasteiger partial charge on any atom is -0.462 e. The summed E-state index contributed by atoms with van der Waals surface area (Å²) in [7, 11) is -4.22. The predicted molar refractivity (Wildman–Crippen MR) is 149 cm³/mol. The van der Waals surface area contributed by atoms with Gasteiger partial charge >= 0.3 is 11.9 Å². The Morgan fingerprint density at radius 1 is 1.07 bits per heavy atom. The van der Waals surface area contributed by atoms with Gasteiger partial charge in [-0.2, -0.15) is 0 Å². The van der Waals surface area contributed by atoms with Crippen LogP contribution in [0.2, 0.25) is 0 Å². The highest BCUT2D eigenvalue weighted by atomic mass is 32.2. The van der Waals surface area contributed by atoms with Crippen LogP contribution in [0, 0.1) is 17.6 Å². The smallest absolute Gasteiger partial charge is 0.341 e. The monoisotopic (exact) mass is 606 g/mol. The number of anilines is 2. The van der Waals surface area contributed by atoms with Crippen LogP contribution in [-0.2, 0) is 37.1 Å². The van der Waals surface area contributed by atoms with E-state index in [1.807, 2.05) is 0 Å². The van der Waals surface area contributed by atoms with Gasteiger partial charge in [0, 0.05) is 10.6 Å². The molecule has 0 radical (unpaired) electrons. The minimum atomic E-state index is -4.22. The van der Waals surface area contributed by atoms with Crippen LogP contribution in [0.1, 0.15) is 58.3 Å².